The molecule has 1 aromatic rings. The van der Waals surface area contributed by atoms with Gasteiger partial charge in [0.2, 0.25) is 0 Å². The summed E-state index contributed by atoms with van der Waals surface area (Å²) in [6, 6.07) is 6.26. The van der Waals surface area contributed by atoms with Gasteiger partial charge < -0.3 is 15.4 Å². The molecule has 0 fully saturated rings. The number of nitrogens with zero attached hydrogens (tertiary/aromatic N) is 1. The summed E-state index contributed by atoms with van der Waals surface area (Å²) in [4.78, 5) is 2.69. The Morgan fingerprint density at radius 3 is 2.67 bits per heavy atom. The Morgan fingerprint density at radius 1 is 1.56 bits per heavy atom. The van der Waals surface area contributed by atoms with Crippen molar-refractivity contribution in [2.75, 3.05) is 25.2 Å². The van der Waals surface area contributed by atoms with Crippen molar-refractivity contribution in [2.24, 2.45) is 5.73 Å². The van der Waals surface area contributed by atoms with Gasteiger partial charge in [-0.3, -0.25) is 0 Å². The highest BCUT2D eigenvalue weighted by Crippen LogP contribution is 2.28. The maximum atomic E-state index is 5.63. The summed E-state index contributed by atoms with van der Waals surface area (Å²) in [6.07, 6.45) is 0. The van der Waals surface area contributed by atoms with E-state index in [1.54, 1.807) is 7.11 Å². The van der Waals surface area contributed by atoms with Gasteiger partial charge in [0, 0.05) is 29.7 Å². The fraction of sp³-hybridized carbons (Fsp3) is 0.462. The Bertz CT molecular complexity index is 425. The fourth-order valence-electron chi connectivity index (χ4n) is 1.94. The molecule has 0 amide bonds. The summed E-state index contributed by atoms with van der Waals surface area (Å²) in [5, 5.41) is 0. The van der Waals surface area contributed by atoms with Gasteiger partial charge in [0.1, 0.15) is 4.99 Å². The smallest absolute Gasteiger partial charge is 0.104 e. The second-order valence-corrected chi connectivity index (χ2v) is 5.41. The molecule has 1 atom stereocenters. The standard InChI is InChI=1S/C13H19BrN2OS/c1-4-16(9(2)8-17-3)12-6-5-10(13(15)18)7-11(12)14/h5-7,9H,4,8H2,1-3H3,(H2,15,18). The Balaban J connectivity index is 3.03. The van der Waals surface area contributed by atoms with Crippen molar-refractivity contribution in [3.63, 3.8) is 0 Å². The summed E-state index contributed by atoms with van der Waals surface area (Å²) >= 11 is 8.55. The Hall–Kier alpha value is -0.650. The maximum Gasteiger partial charge on any atom is 0.104 e. The summed E-state index contributed by atoms with van der Waals surface area (Å²) in [5.41, 5.74) is 7.62. The van der Waals surface area contributed by atoms with E-state index >= 15 is 0 Å². The number of likely N-dealkylation sites (N-methyl/N-ethyl adjacent to an activating group) is 1. The lowest BCUT2D eigenvalue weighted by Gasteiger charge is -2.30. The van der Waals surface area contributed by atoms with Crippen LogP contribution in [0, 0.1) is 0 Å². The number of thiocarbonyl (C=S) groups is 1. The zero-order valence-electron chi connectivity index (χ0n) is 10.9. The maximum absolute atomic E-state index is 5.63. The zero-order chi connectivity index (χ0) is 13.7. The van der Waals surface area contributed by atoms with Gasteiger partial charge >= 0.3 is 0 Å². The van der Waals surface area contributed by atoms with Gasteiger partial charge in [-0.1, -0.05) is 12.2 Å². The third-order valence-corrected chi connectivity index (χ3v) is 3.69. The average Bonchev–Trinajstić information content (AvgIpc) is 2.32. The number of methoxy groups -OCH3 is 1. The van der Waals surface area contributed by atoms with E-state index in [1.807, 2.05) is 18.2 Å². The van der Waals surface area contributed by atoms with Crippen LogP contribution in [0.15, 0.2) is 22.7 Å². The van der Waals surface area contributed by atoms with Gasteiger partial charge in [0.25, 0.3) is 0 Å². The van der Waals surface area contributed by atoms with Crippen LogP contribution in [0.1, 0.15) is 19.4 Å². The molecule has 0 aromatic heterocycles. The molecule has 1 rings (SSSR count). The molecule has 0 spiro atoms. The molecule has 5 heteroatoms. The van der Waals surface area contributed by atoms with Crippen molar-refractivity contribution in [2.45, 2.75) is 19.9 Å². The molecule has 0 radical (unpaired) electrons. The first kappa shape index (κ1) is 15.4. The van der Waals surface area contributed by atoms with Crippen LogP contribution in [-0.2, 0) is 4.74 Å². The molecule has 0 saturated carbocycles. The summed E-state index contributed by atoms with van der Waals surface area (Å²) in [6.45, 7) is 5.87. The Morgan fingerprint density at radius 2 is 2.22 bits per heavy atom. The normalized spacial score (nSPS) is 12.2. The van der Waals surface area contributed by atoms with Crippen LogP contribution in [0.3, 0.4) is 0 Å². The number of benzene rings is 1. The fourth-order valence-corrected chi connectivity index (χ4v) is 2.68. The van der Waals surface area contributed by atoms with Crippen molar-refractivity contribution >= 4 is 38.8 Å². The van der Waals surface area contributed by atoms with E-state index in [4.69, 9.17) is 22.7 Å². The minimum absolute atomic E-state index is 0.312. The van der Waals surface area contributed by atoms with Gasteiger partial charge in [0.15, 0.2) is 0 Å². The second-order valence-electron chi connectivity index (χ2n) is 4.12. The zero-order valence-corrected chi connectivity index (χ0v) is 13.3. The lowest BCUT2D eigenvalue weighted by Crippen LogP contribution is -2.36. The molecule has 0 bridgehead atoms. The van der Waals surface area contributed by atoms with Gasteiger partial charge in [-0.25, -0.2) is 0 Å². The number of ether oxygens (including phenoxy) is 1. The second kappa shape index (κ2) is 7.07. The molecule has 1 aromatic carbocycles. The molecular weight excluding hydrogens is 312 g/mol. The van der Waals surface area contributed by atoms with Crippen LogP contribution < -0.4 is 10.6 Å². The Labute approximate surface area is 122 Å². The topological polar surface area (TPSA) is 38.5 Å². The largest absolute Gasteiger partial charge is 0.389 e. The van der Waals surface area contributed by atoms with Crippen molar-refractivity contribution < 1.29 is 4.74 Å². The minimum Gasteiger partial charge on any atom is -0.389 e. The van der Waals surface area contributed by atoms with E-state index in [9.17, 15) is 0 Å². The highest BCUT2D eigenvalue weighted by molar-refractivity contribution is 9.10. The van der Waals surface area contributed by atoms with E-state index in [0.29, 0.717) is 17.6 Å². The number of nitrogens with two attached hydrogens (primary N) is 1. The first-order valence-electron chi connectivity index (χ1n) is 5.86. The van der Waals surface area contributed by atoms with Gasteiger partial charge in [-0.2, -0.15) is 0 Å². The summed E-state index contributed by atoms with van der Waals surface area (Å²) in [7, 11) is 1.72. The number of rotatable bonds is 6. The SMILES string of the molecule is CCN(c1ccc(C(N)=S)cc1Br)C(C)COC. The molecule has 0 aliphatic carbocycles. The van der Waals surface area contributed by atoms with Crippen LogP contribution in [-0.4, -0.2) is 31.3 Å². The van der Waals surface area contributed by atoms with Crippen LogP contribution >= 0.6 is 28.1 Å². The first-order valence-corrected chi connectivity index (χ1v) is 7.06. The molecule has 18 heavy (non-hydrogen) atoms. The monoisotopic (exact) mass is 330 g/mol. The number of hydrogen-bond acceptors (Lipinski definition) is 3. The highest BCUT2D eigenvalue weighted by Gasteiger charge is 2.15. The molecule has 2 N–H and O–H groups in total. The number of anilines is 1. The van der Waals surface area contributed by atoms with Crippen molar-refractivity contribution in [3.8, 4) is 0 Å². The van der Waals surface area contributed by atoms with Crippen molar-refractivity contribution in [1.82, 2.24) is 0 Å². The van der Waals surface area contributed by atoms with Gasteiger partial charge in [-0.05, 0) is 48.0 Å². The molecular formula is C13H19BrN2OS. The van der Waals surface area contributed by atoms with E-state index < -0.39 is 0 Å². The van der Waals surface area contributed by atoms with E-state index in [1.165, 1.54) is 0 Å². The third kappa shape index (κ3) is 3.67. The first-order chi connectivity index (χ1) is 8.51. The highest BCUT2D eigenvalue weighted by atomic mass is 79.9. The molecule has 3 nitrogen and oxygen atoms in total. The van der Waals surface area contributed by atoms with Gasteiger partial charge in [-0.15, -0.1) is 0 Å². The van der Waals surface area contributed by atoms with E-state index in [-0.39, 0.29) is 0 Å². The molecule has 0 saturated heterocycles. The quantitative estimate of drug-likeness (QED) is 0.814. The van der Waals surface area contributed by atoms with Crippen LogP contribution in [0.5, 0.6) is 0 Å². The Kier molecular flexibility index (Phi) is 6.05. The molecule has 0 aliphatic heterocycles. The summed E-state index contributed by atoms with van der Waals surface area (Å²) < 4.78 is 6.21. The van der Waals surface area contributed by atoms with E-state index in [2.05, 4.69) is 34.7 Å². The van der Waals surface area contributed by atoms with E-state index in [0.717, 1.165) is 22.3 Å². The van der Waals surface area contributed by atoms with Crippen LogP contribution in [0.2, 0.25) is 0 Å². The van der Waals surface area contributed by atoms with Crippen molar-refractivity contribution in [1.29, 1.82) is 0 Å². The summed E-state index contributed by atoms with van der Waals surface area (Å²) in [5.74, 6) is 0. The van der Waals surface area contributed by atoms with Crippen LogP contribution in [0.25, 0.3) is 0 Å². The molecule has 1 unspecified atom stereocenters. The third-order valence-electron chi connectivity index (χ3n) is 2.82. The van der Waals surface area contributed by atoms with Gasteiger partial charge in [0.05, 0.1) is 12.3 Å². The minimum atomic E-state index is 0.312. The lowest BCUT2D eigenvalue weighted by molar-refractivity contribution is 0.182. The molecule has 0 heterocycles. The predicted molar refractivity (Wildman–Crippen MR) is 84.4 cm³/mol. The van der Waals surface area contributed by atoms with Crippen molar-refractivity contribution in [3.05, 3.63) is 28.2 Å². The number of halogens is 1. The average molecular weight is 331 g/mol. The molecule has 0 aliphatic rings. The lowest BCUT2D eigenvalue weighted by atomic mass is 10.1. The number of hydrogen-bond donors (Lipinski definition) is 1. The predicted octanol–water partition coefficient (Wildman–Crippen LogP) is 2.94. The van der Waals surface area contributed by atoms with Crippen LogP contribution in [0.4, 0.5) is 5.69 Å². The molecule has 100 valence electrons.